The number of aromatic nitrogens is 1. The van der Waals surface area contributed by atoms with Gasteiger partial charge in [-0.2, -0.15) is 8.78 Å². The summed E-state index contributed by atoms with van der Waals surface area (Å²) in [6, 6.07) is 0.707. The van der Waals surface area contributed by atoms with Crippen LogP contribution in [0.1, 0.15) is 19.6 Å². The Balaban J connectivity index is 2.42. The molecule has 1 aromatic rings. The summed E-state index contributed by atoms with van der Waals surface area (Å²) in [4.78, 5) is 4.87. The maximum atomic E-state index is 14.1. The smallest absolute Gasteiger partial charge is 0.410 e. The van der Waals surface area contributed by atoms with Gasteiger partial charge in [0.25, 0.3) is 15.7 Å². The van der Waals surface area contributed by atoms with Crippen molar-refractivity contribution < 1.29 is 31.3 Å². The van der Waals surface area contributed by atoms with Gasteiger partial charge in [-0.25, -0.2) is 8.42 Å². The summed E-state index contributed by atoms with van der Waals surface area (Å²) >= 11 is 0. The minimum Gasteiger partial charge on any atom is -0.479 e. The third-order valence-electron chi connectivity index (χ3n) is 2.50. The Kier molecular flexibility index (Phi) is 3.25. The van der Waals surface area contributed by atoms with Crippen LogP contribution >= 0.6 is 0 Å². The van der Waals surface area contributed by atoms with Crippen molar-refractivity contribution in [1.82, 2.24) is 10.6 Å². The minimum atomic E-state index is -5.05. The molecule has 0 radical (unpaired) electrons. The van der Waals surface area contributed by atoms with E-state index in [9.17, 15) is 17.2 Å². The maximum Gasteiger partial charge on any atom is 0.410 e. The van der Waals surface area contributed by atoms with Gasteiger partial charge < -0.3 is 9.26 Å². The molecule has 20 heavy (non-hydrogen) atoms. The number of rotatable bonds is 4. The fourth-order valence-corrected chi connectivity index (χ4v) is 2.68. The van der Waals surface area contributed by atoms with Crippen molar-refractivity contribution in [2.24, 2.45) is 0 Å². The fraction of sp³-hybridized carbons (Fsp3) is 0.500. The molecule has 2 heterocycles. The van der Waals surface area contributed by atoms with Gasteiger partial charge in [0.05, 0.1) is 13.2 Å². The van der Waals surface area contributed by atoms with Crippen LogP contribution in [0.3, 0.4) is 0 Å². The van der Waals surface area contributed by atoms with Gasteiger partial charge in [-0.1, -0.05) is 0 Å². The number of nitrogens with zero attached hydrogens (tertiary/aromatic N) is 1. The van der Waals surface area contributed by atoms with Crippen molar-refractivity contribution in [3.63, 3.8) is 0 Å². The molecule has 2 rings (SSSR count). The van der Waals surface area contributed by atoms with Gasteiger partial charge >= 0.3 is 5.25 Å². The van der Waals surface area contributed by atoms with Crippen molar-refractivity contribution in [2.75, 3.05) is 7.11 Å². The predicted octanol–water partition coefficient (Wildman–Crippen LogP) is 1.30. The monoisotopic (exact) mass is 310 g/mol. The van der Waals surface area contributed by atoms with E-state index in [0.29, 0.717) is 6.07 Å². The van der Waals surface area contributed by atoms with Crippen LogP contribution in [0.4, 0.5) is 8.78 Å². The summed E-state index contributed by atoms with van der Waals surface area (Å²) in [5, 5.41) is -1.88. The Morgan fingerprint density at radius 2 is 2.10 bits per heavy atom. The predicted molar refractivity (Wildman–Crippen MR) is 62.3 cm³/mol. The highest BCUT2D eigenvalue weighted by Gasteiger charge is 2.54. The lowest BCUT2D eigenvalue weighted by molar-refractivity contribution is -0.0139. The number of sulfone groups is 1. The van der Waals surface area contributed by atoms with E-state index in [4.69, 9.17) is 4.84 Å². The second-order valence-corrected chi connectivity index (χ2v) is 6.53. The molecule has 0 bridgehead atoms. The molecule has 1 N–H and O–H groups in total. The largest absolute Gasteiger partial charge is 0.479 e. The van der Waals surface area contributed by atoms with Crippen molar-refractivity contribution >= 4 is 9.84 Å². The summed E-state index contributed by atoms with van der Waals surface area (Å²) in [6.45, 7) is 3.02. The van der Waals surface area contributed by atoms with Crippen LogP contribution in [-0.4, -0.2) is 26.3 Å². The van der Waals surface area contributed by atoms with Crippen LogP contribution in [0, 0.1) is 0 Å². The molecule has 0 saturated carbocycles. The number of hydrogen-bond donors (Lipinski definition) is 1. The van der Waals surface area contributed by atoms with Crippen LogP contribution in [0.5, 0.6) is 5.88 Å². The molecule has 0 fully saturated rings. The Hall–Kier alpha value is -1.68. The summed E-state index contributed by atoms with van der Waals surface area (Å²) in [7, 11) is -3.87. The summed E-state index contributed by atoms with van der Waals surface area (Å²) in [5.74, 6) is -1.39. The van der Waals surface area contributed by atoms with E-state index < -0.39 is 31.5 Å². The molecule has 0 aliphatic carbocycles. The van der Waals surface area contributed by atoms with Crippen LogP contribution in [-0.2, 0) is 19.9 Å². The third-order valence-corrected chi connectivity index (χ3v) is 4.16. The highest BCUT2D eigenvalue weighted by molar-refractivity contribution is 7.95. The first kappa shape index (κ1) is 14.7. The molecule has 112 valence electrons. The Bertz CT molecular complexity index is 650. The van der Waals surface area contributed by atoms with E-state index in [2.05, 4.69) is 14.4 Å². The fourth-order valence-electron chi connectivity index (χ4n) is 1.45. The topological polar surface area (TPSA) is 90.7 Å². The summed E-state index contributed by atoms with van der Waals surface area (Å²) in [6.07, 6.45) is 1.05. The Labute approximate surface area is 113 Å². The SMILES string of the molecule is COc1cc(C(F)(F)S(=O)(=O)C2=CC(C)(C)ON2)on1. The highest BCUT2D eigenvalue weighted by atomic mass is 32.2. The number of nitrogens with one attached hydrogen (secondary N) is 1. The van der Waals surface area contributed by atoms with E-state index in [1.807, 2.05) is 5.48 Å². The Morgan fingerprint density at radius 1 is 1.45 bits per heavy atom. The van der Waals surface area contributed by atoms with Crippen molar-refractivity contribution in [2.45, 2.75) is 24.7 Å². The molecule has 10 heteroatoms. The van der Waals surface area contributed by atoms with Gasteiger partial charge in [0.2, 0.25) is 5.76 Å². The number of halogens is 2. The lowest BCUT2D eigenvalue weighted by atomic mass is 10.1. The number of ether oxygens (including phenoxy) is 1. The second-order valence-electron chi connectivity index (χ2n) is 4.57. The van der Waals surface area contributed by atoms with E-state index in [1.165, 1.54) is 21.0 Å². The molecule has 0 amide bonds. The standard InChI is InChI=1S/C10H12F2N2O5S/c1-9(2)5-8(14-19-9)20(15,16)10(11,12)6-4-7(17-3)13-18-6/h4-5,14H,1-3H3. The van der Waals surface area contributed by atoms with Gasteiger partial charge in [0.15, 0.2) is 5.03 Å². The zero-order valence-corrected chi connectivity index (χ0v) is 11.6. The van der Waals surface area contributed by atoms with Gasteiger partial charge in [0.1, 0.15) is 5.60 Å². The van der Waals surface area contributed by atoms with Crippen LogP contribution in [0.2, 0.25) is 0 Å². The molecule has 7 nitrogen and oxygen atoms in total. The van der Waals surface area contributed by atoms with Crippen LogP contribution in [0.25, 0.3) is 0 Å². The quantitative estimate of drug-likeness (QED) is 0.896. The van der Waals surface area contributed by atoms with E-state index in [1.54, 1.807) is 0 Å². The number of hydrogen-bond acceptors (Lipinski definition) is 7. The second kappa shape index (κ2) is 4.42. The number of hydroxylamine groups is 1. The minimum absolute atomic E-state index is 0.250. The van der Waals surface area contributed by atoms with E-state index >= 15 is 0 Å². The van der Waals surface area contributed by atoms with Crippen molar-refractivity contribution in [3.05, 3.63) is 22.9 Å². The van der Waals surface area contributed by atoms with Crippen molar-refractivity contribution in [3.8, 4) is 5.88 Å². The Morgan fingerprint density at radius 3 is 2.55 bits per heavy atom. The molecule has 0 unspecified atom stereocenters. The zero-order chi connectivity index (χ0) is 15.2. The third kappa shape index (κ3) is 2.24. The first-order valence-electron chi connectivity index (χ1n) is 5.41. The van der Waals surface area contributed by atoms with Crippen molar-refractivity contribution in [1.29, 1.82) is 0 Å². The average Bonchev–Trinajstić information content (AvgIpc) is 2.95. The van der Waals surface area contributed by atoms with Gasteiger partial charge in [-0.3, -0.25) is 10.3 Å². The number of alkyl halides is 2. The molecular formula is C10H12F2N2O5S. The first-order chi connectivity index (χ1) is 9.10. The number of methoxy groups -OCH3 is 1. The maximum absolute atomic E-state index is 14.1. The first-order valence-corrected chi connectivity index (χ1v) is 6.89. The van der Waals surface area contributed by atoms with E-state index in [-0.39, 0.29) is 5.88 Å². The van der Waals surface area contributed by atoms with Gasteiger partial charge in [0, 0.05) is 0 Å². The van der Waals surface area contributed by atoms with Crippen LogP contribution in [0.15, 0.2) is 21.7 Å². The molecule has 0 atom stereocenters. The summed E-state index contributed by atoms with van der Waals surface area (Å²) in [5.41, 5.74) is 0.967. The normalized spacial score (nSPS) is 18.6. The molecule has 0 aromatic carbocycles. The molecule has 0 spiro atoms. The van der Waals surface area contributed by atoms with E-state index in [0.717, 1.165) is 6.08 Å². The molecule has 1 aliphatic rings. The molecule has 1 aromatic heterocycles. The average molecular weight is 310 g/mol. The molecule has 1 aliphatic heterocycles. The van der Waals surface area contributed by atoms with Gasteiger partial charge in [-0.15, -0.1) is 0 Å². The lowest BCUT2D eigenvalue weighted by Crippen LogP contribution is -2.31. The van der Waals surface area contributed by atoms with Gasteiger partial charge in [-0.05, 0) is 25.1 Å². The highest BCUT2D eigenvalue weighted by Crippen LogP contribution is 2.40. The van der Waals surface area contributed by atoms with Crippen LogP contribution < -0.4 is 10.2 Å². The molecule has 0 saturated heterocycles. The lowest BCUT2D eigenvalue weighted by Gasteiger charge is -2.14. The molecular weight excluding hydrogens is 298 g/mol. The summed E-state index contributed by atoms with van der Waals surface area (Å²) < 4.78 is 60.9. The zero-order valence-electron chi connectivity index (χ0n) is 10.8.